The topological polar surface area (TPSA) is 73.3 Å². The van der Waals surface area contributed by atoms with E-state index in [1.54, 1.807) is 13.3 Å². The second-order valence-corrected chi connectivity index (χ2v) is 8.17. The predicted octanol–water partition coefficient (Wildman–Crippen LogP) is 3.43. The summed E-state index contributed by atoms with van der Waals surface area (Å²) in [4.78, 5) is 25.3. The van der Waals surface area contributed by atoms with E-state index in [0.29, 0.717) is 18.5 Å². The van der Waals surface area contributed by atoms with Crippen LogP contribution in [0.5, 0.6) is 5.75 Å². The van der Waals surface area contributed by atoms with Gasteiger partial charge in [-0.1, -0.05) is 24.3 Å². The molecule has 0 spiro atoms. The third-order valence-electron chi connectivity index (χ3n) is 6.16. The van der Waals surface area contributed by atoms with Crippen LogP contribution in [0.4, 0.5) is 0 Å². The van der Waals surface area contributed by atoms with Gasteiger partial charge in [-0.2, -0.15) is 4.57 Å². The summed E-state index contributed by atoms with van der Waals surface area (Å²) < 4.78 is 7.24. The van der Waals surface area contributed by atoms with Gasteiger partial charge in [-0.05, 0) is 61.1 Å². The van der Waals surface area contributed by atoms with Crippen molar-refractivity contribution in [3.63, 3.8) is 0 Å². The first-order valence-electron chi connectivity index (χ1n) is 10.5. The standard InChI is InChI=1S/C26H26N2O3/c1-17-5-3-4-6-21(17)15-28-12-11-19(24(16-28)26(27)30)13-20-8-7-18-14-22(31-2)9-10-23(18)25(20)29/h3-6,9-12,14,16,20H,7-8,13,15H2,1-2H3,(H-,27,30)/p+1. The van der Waals surface area contributed by atoms with Crippen LogP contribution in [0.2, 0.25) is 0 Å². The monoisotopic (exact) mass is 415 g/mol. The van der Waals surface area contributed by atoms with Crippen LogP contribution < -0.4 is 15.0 Å². The van der Waals surface area contributed by atoms with E-state index >= 15 is 0 Å². The number of ether oxygens (including phenoxy) is 1. The van der Waals surface area contributed by atoms with Crippen LogP contribution in [0.15, 0.2) is 60.9 Å². The number of nitrogens with two attached hydrogens (primary N) is 1. The maximum Gasteiger partial charge on any atom is 0.255 e. The van der Waals surface area contributed by atoms with E-state index in [1.165, 1.54) is 11.1 Å². The lowest BCUT2D eigenvalue weighted by Crippen LogP contribution is -2.36. The Morgan fingerprint density at radius 1 is 1.16 bits per heavy atom. The van der Waals surface area contributed by atoms with Crippen LogP contribution in [0, 0.1) is 12.8 Å². The highest BCUT2D eigenvalue weighted by atomic mass is 16.5. The van der Waals surface area contributed by atoms with Crippen molar-refractivity contribution < 1.29 is 18.9 Å². The SMILES string of the molecule is COc1ccc2c(c1)CCC(Cc1cc[n+](Cc3ccccc3C)cc1C(N)=O)C2=O. The molecule has 1 aliphatic rings. The van der Waals surface area contributed by atoms with Gasteiger partial charge in [0.1, 0.15) is 11.3 Å². The smallest absolute Gasteiger partial charge is 0.255 e. The molecule has 1 aromatic heterocycles. The zero-order valence-corrected chi connectivity index (χ0v) is 17.9. The molecule has 5 nitrogen and oxygen atoms in total. The van der Waals surface area contributed by atoms with Gasteiger partial charge in [0.25, 0.3) is 5.91 Å². The fourth-order valence-corrected chi connectivity index (χ4v) is 4.33. The summed E-state index contributed by atoms with van der Waals surface area (Å²) in [5.41, 5.74) is 11.2. The van der Waals surface area contributed by atoms with Gasteiger partial charge < -0.3 is 10.5 Å². The Bertz CT molecular complexity index is 1150. The van der Waals surface area contributed by atoms with Crippen LogP contribution in [0.3, 0.4) is 0 Å². The molecule has 2 N–H and O–H groups in total. The molecule has 1 heterocycles. The van der Waals surface area contributed by atoms with Crippen molar-refractivity contribution in [2.24, 2.45) is 11.7 Å². The quantitative estimate of drug-likeness (QED) is 0.627. The zero-order chi connectivity index (χ0) is 22.0. The minimum atomic E-state index is -0.470. The molecule has 158 valence electrons. The highest BCUT2D eigenvalue weighted by molar-refractivity contribution is 6.01. The summed E-state index contributed by atoms with van der Waals surface area (Å²) >= 11 is 0. The van der Waals surface area contributed by atoms with Crippen molar-refractivity contribution in [3.05, 3.63) is 94.3 Å². The van der Waals surface area contributed by atoms with Crippen LogP contribution >= 0.6 is 0 Å². The van der Waals surface area contributed by atoms with Gasteiger partial charge in [-0.15, -0.1) is 0 Å². The predicted molar refractivity (Wildman–Crippen MR) is 118 cm³/mol. The Morgan fingerprint density at radius 3 is 2.71 bits per heavy atom. The van der Waals surface area contributed by atoms with E-state index in [2.05, 4.69) is 19.1 Å². The molecule has 4 rings (SSSR count). The molecule has 0 bridgehead atoms. The fourth-order valence-electron chi connectivity index (χ4n) is 4.33. The number of ketones is 1. The molecule has 0 saturated carbocycles. The van der Waals surface area contributed by atoms with E-state index in [1.807, 2.05) is 47.2 Å². The summed E-state index contributed by atoms with van der Waals surface area (Å²) in [6.45, 7) is 2.73. The lowest BCUT2D eigenvalue weighted by atomic mass is 9.79. The van der Waals surface area contributed by atoms with Gasteiger partial charge in [0.05, 0.1) is 7.11 Å². The molecule has 3 aromatic rings. The van der Waals surface area contributed by atoms with E-state index in [0.717, 1.165) is 35.3 Å². The summed E-state index contributed by atoms with van der Waals surface area (Å²) in [5.74, 6) is 0.256. The van der Waals surface area contributed by atoms with Gasteiger partial charge in [-0.3, -0.25) is 9.59 Å². The summed E-state index contributed by atoms with van der Waals surface area (Å²) in [6.07, 6.45) is 5.83. The Labute approximate surface area is 182 Å². The largest absolute Gasteiger partial charge is 0.497 e. The molecule has 0 saturated heterocycles. The number of nitrogens with zero attached hydrogens (tertiary/aromatic N) is 1. The number of hydrogen-bond donors (Lipinski definition) is 1. The number of hydrogen-bond acceptors (Lipinski definition) is 3. The molecule has 1 amide bonds. The number of aryl methyl sites for hydroxylation is 2. The third kappa shape index (κ3) is 4.36. The molecule has 0 aliphatic heterocycles. The van der Waals surface area contributed by atoms with Crippen molar-refractivity contribution >= 4 is 11.7 Å². The number of fused-ring (bicyclic) bond motifs is 1. The average Bonchev–Trinajstić information content (AvgIpc) is 2.77. The Kier molecular flexibility index (Phi) is 5.85. The Morgan fingerprint density at radius 2 is 1.97 bits per heavy atom. The average molecular weight is 416 g/mol. The van der Waals surface area contributed by atoms with E-state index in [-0.39, 0.29) is 11.7 Å². The van der Waals surface area contributed by atoms with E-state index in [9.17, 15) is 9.59 Å². The third-order valence-corrected chi connectivity index (χ3v) is 6.16. The second kappa shape index (κ2) is 8.72. The zero-order valence-electron chi connectivity index (χ0n) is 17.9. The summed E-state index contributed by atoms with van der Waals surface area (Å²) in [5, 5.41) is 0. The number of primary amides is 1. The van der Waals surface area contributed by atoms with Crippen molar-refractivity contribution in [2.75, 3.05) is 7.11 Å². The number of amides is 1. The molecule has 1 aliphatic carbocycles. The van der Waals surface area contributed by atoms with Crippen molar-refractivity contribution in [1.29, 1.82) is 0 Å². The molecular formula is C26H27N2O3+. The number of benzene rings is 2. The highest BCUT2D eigenvalue weighted by Crippen LogP contribution is 2.31. The molecule has 0 fully saturated rings. The Balaban J connectivity index is 1.57. The molecule has 1 atom stereocenters. The van der Waals surface area contributed by atoms with Gasteiger partial charge in [-0.25, -0.2) is 0 Å². The summed E-state index contributed by atoms with van der Waals surface area (Å²) in [6, 6.07) is 15.7. The van der Waals surface area contributed by atoms with Crippen LogP contribution in [-0.4, -0.2) is 18.8 Å². The number of pyridine rings is 1. The number of rotatable bonds is 6. The number of carbonyl (C=O) groups is 2. The van der Waals surface area contributed by atoms with E-state index in [4.69, 9.17) is 10.5 Å². The maximum absolute atomic E-state index is 13.1. The van der Waals surface area contributed by atoms with Crippen molar-refractivity contribution in [1.82, 2.24) is 0 Å². The lowest BCUT2D eigenvalue weighted by Gasteiger charge is -2.24. The molecule has 2 aromatic carbocycles. The molecule has 31 heavy (non-hydrogen) atoms. The number of Topliss-reactive ketones (excluding diaryl/α,β-unsaturated/α-hetero) is 1. The first kappa shape index (κ1) is 20.8. The van der Waals surface area contributed by atoms with Crippen LogP contribution in [0.1, 0.15) is 49.4 Å². The van der Waals surface area contributed by atoms with Gasteiger partial charge in [0.2, 0.25) is 0 Å². The number of methoxy groups -OCH3 is 1. The number of carbonyl (C=O) groups excluding carboxylic acids is 2. The molecule has 5 heteroatoms. The summed E-state index contributed by atoms with van der Waals surface area (Å²) in [7, 11) is 1.63. The Hall–Kier alpha value is -3.47. The highest BCUT2D eigenvalue weighted by Gasteiger charge is 2.29. The van der Waals surface area contributed by atoms with E-state index < -0.39 is 5.91 Å². The van der Waals surface area contributed by atoms with Crippen molar-refractivity contribution in [2.45, 2.75) is 32.7 Å². The lowest BCUT2D eigenvalue weighted by molar-refractivity contribution is -0.688. The first-order valence-corrected chi connectivity index (χ1v) is 10.5. The second-order valence-electron chi connectivity index (χ2n) is 8.17. The van der Waals surface area contributed by atoms with Crippen LogP contribution in [-0.2, 0) is 19.4 Å². The van der Waals surface area contributed by atoms with Gasteiger partial charge in [0, 0.05) is 23.1 Å². The van der Waals surface area contributed by atoms with Crippen molar-refractivity contribution in [3.8, 4) is 5.75 Å². The fraction of sp³-hybridized carbons (Fsp3) is 0.269. The molecule has 1 unspecified atom stereocenters. The molecule has 0 radical (unpaired) electrons. The van der Waals surface area contributed by atoms with Crippen LogP contribution in [0.25, 0.3) is 0 Å². The maximum atomic E-state index is 13.1. The first-order chi connectivity index (χ1) is 15.0. The number of aromatic nitrogens is 1. The minimum absolute atomic E-state index is 0.121. The minimum Gasteiger partial charge on any atom is -0.497 e. The van der Waals surface area contributed by atoms with Gasteiger partial charge in [0.15, 0.2) is 24.7 Å². The molecular weight excluding hydrogens is 388 g/mol. The normalized spacial score (nSPS) is 15.4. The van der Waals surface area contributed by atoms with Gasteiger partial charge >= 0.3 is 0 Å².